The van der Waals surface area contributed by atoms with Gasteiger partial charge in [0.25, 0.3) is 0 Å². The zero-order chi connectivity index (χ0) is 13.9. The first-order valence-corrected chi connectivity index (χ1v) is 4.48. The molecular weight excluding hydrogens is 265 g/mol. The Morgan fingerprint density at radius 2 is 1.33 bits per heavy atom. The third-order valence-corrected chi connectivity index (χ3v) is 1.92. The van der Waals surface area contributed by atoms with Gasteiger partial charge in [0.2, 0.25) is 5.83 Å². The summed E-state index contributed by atoms with van der Waals surface area (Å²) in [5.74, 6) is -5.44. The van der Waals surface area contributed by atoms with E-state index in [2.05, 4.69) is 0 Å². The second kappa shape index (κ2) is 5.24. The SMILES string of the molecule is FC(F)=C(F)C(=C(F)C(F)(F)F)c1ccccc1. The molecule has 0 amide bonds. The van der Waals surface area contributed by atoms with Crippen LogP contribution in [0.5, 0.6) is 0 Å². The Hall–Kier alpha value is -1.79. The van der Waals surface area contributed by atoms with Crippen molar-refractivity contribution in [1.82, 2.24) is 0 Å². The maximum absolute atomic E-state index is 13.0. The largest absolute Gasteiger partial charge is 0.443 e. The molecule has 0 saturated heterocycles. The number of hydrogen-bond acceptors (Lipinski definition) is 0. The lowest BCUT2D eigenvalue weighted by atomic mass is 10.0. The first-order chi connectivity index (χ1) is 8.25. The maximum Gasteiger partial charge on any atom is 0.443 e. The lowest BCUT2D eigenvalue weighted by Gasteiger charge is -2.10. The molecule has 0 spiro atoms. The predicted molar refractivity (Wildman–Crippen MR) is 50.9 cm³/mol. The molecule has 0 unspecified atom stereocenters. The van der Waals surface area contributed by atoms with Gasteiger partial charge >= 0.3 is 12.3 Å². The lowest BCUT2D eigenvalue weighted by Crippen LogP contribution is -2.11. The minimum atomic E-state index is -5.54. The van der Waals surface area contributed by atoms with Gasteiger partial charge in [-0.25, -0.2) is 8.78 Å². The highest BCUT2D eigenvalue weighted by atomic mass is 19.4. The fourth-order valence-corrected chi connectivity index (χ4v) is 1.19. The van der Waals surface area contributed by atoms with Gasteiger partial charge in [-0.15, -0.1) is 0 Å². The summed E-state index contributed by atoms with van der Waals surface area (Å²) in [6, 6.07) is 5.48. The first kappa shape index (κ1) is 14.3. The second-order valence-electron chi connectivity index (χ2n) is 3.13. The van der Waals surface area contributed by atoms with Gasteiger partial charge in [0, 0.05) is 0 Å². The highest BCUT2D eigenvalue weighted by molar-refractivity contribution is 5.79. The molecule has 0 aliphatic rings. The summed E-state index contributed by atoms with van der Waals surface area (Å²) in [6.07, 6.45) is -8.56. The highest BCUT2D eigenvalue weighted by Crippen LogP contribution is 2.38. The van der Waals surface area contributed by atoms with Gasteiger partial charge in [-0.1, -0.05) is 30.3 Å². The monoisotopic (exact) mass is 270 g/mol. The maximum atomic E-state index is 13.0. The summed E-state index contributed by atoms with van der Waals surface area (Å²) in [7, 11) is 0. The van der Waals surface area contributed by atoms with Crippen molar-refractivity contribution in [3.05, 3.63) is 53.6 Å². The Balaban J connectivity index is 3.53. The second-order valence-corrected chi connectivity index (χ2v) is 3.13. The van der Waals surface area contributed by atoms with Crippen molar-refractivity contribution in [2.45, 2.75) is 6.18 Å². The molecule has 0 bridgehead atoms. The van der Waals surface area contributed by atoms with Crippen molar-refractivity contribution in [1.29, 1.82) is 0 Å². The molecule has 1 aromatic carbocycles. The normalized spacial score (nSPS) is 13.1. The van der Waals surface area contributed by atoms with E-state index >= 15 is 0 Å². The van der Waals surface area contributed by atoms with Crippen LogP contribution in [-0.2, 0) is 0 Å². The fourth-order valence-electron chi connectivity index (χ4n) is 1.19. The van der Waals surface area contributed by atoms with Crippen molar-refractivity contribution >= 4 is 5.57 Å². The summed E-state index contributed by atoms with van der Waals surface area (Å²) < 4.78 is 86.5. The van der Waals surface area contributed by atoms with Gasteiger partial charge in [-0.05, 0) is 5.56 Å². The van der Waals surface area contributed by atoms with Gasteiger partial charge in [0.1, 0.15) is 0 Å². The van der Waals surface area contributed by atoms with Crippen LogP contribution in [-0.4, -0.2) is 6.18 Å². The molecule has 7 heteroatoms. The number of halogens is 7. The lowest BCUT2D eigenvalue weighted by molar-refractivity contribution is -0.108. The zero-order valence-electron chi connectivity index (χ0n) is 8.53. The van der Waals surface area contributed by atoms with E-state index in [0.717, 1.165) is 12.1 Å². The third-order valence-electron chi connectivity index (χ3n) is 1.92. The van der Waals surface area contributed by atoms with Crippen molar-refractivity contribution in [3.63, 3.8) is 0 Å². The topological polar surface area (TPSA) is 0 Å². The minimum Gasteiger partial charge on any atom is -0.201 e. The summed E-state index contributed by atoms with van der Waals surface area (Å²) in [5, 5.41) is 0. The Bertz CT molecular complexity index is 478. The van der Waals surface area contributed by atoms with Crippen LogP contribution < -0.4 is 0 Å². The summed E-state index contributed by atoms with van der Waals surface area (Å²) in [6.45, 7) is 0. The molecule has 0 nitrogen and oxygen atoms in total. The Kier molecular flexibility index (Phi) is 4.15. The highest BCUT2D eigenvalue weighted by Gasteiger charge is 2.39. The Morgan fingerprint density at radius 3 is 1.72 bits per heavy atom. The van der Waals surface area contributed by atoms with Gasteiger partial charge in [0.05, 0.1) is 5.57 Å². The van der Waals surface area contributed by atoms with Crippen LogP contribution in [0.4, 0.5) is 30.7 Å². The van der Waals surface area contributed by atoms with Gasteiger partial charge in [-0.3, -0.25) is 0 Å². The molecule has 98 valence electrons. The average molecular weight is 270 g/mol. The van der Waals surface area contributed by atoms with Crippen molar-refractivity contribution < 1.29 is 30.7 Å². The van der Waals surface area contributed by atoms with E-state index in [9.17, 15) is 30.7 Å². The predicted octanol–water partition coefficient (Wildman–Crippen LogP) is 5.01. The van der Waals surface area contributed by atoms with E-state index in [1.165, 1.54) is 18.2 Å². The molecule has 0 saturated carbocycles. The quantitative estimate of drug-likeness (QED) is 0.523. The molecule has 0 fully saturated rings. The molecule has 0 heterocycles. The zero-order valence-corrected chi connectivity index (χ0v) is 8.53. The molecule has 0 radical (unpaired) electrons. The van der Waals surface area contributed by atoms with Crippen LogP contribution in [0.2, 0.25) is 0 Å². The van der Waals surface area contributed by atoms with Crippen LogP contribution in [0.3, 0.4) is 0 Å². The Morgan fingerprint density at radius 1 is 0.833 bits per heavy atom. The summed E-state index contributed by atoms with van der Waals surface area (Å²) >= 11 is 0. The molecule has 18 heavy (non-hydrogen) atoms. The number of hydrogen-bond donors (Lipinski definition) is 0. The van der Waals surface area contributed by atoms with E-state index < -0.39 is 35.0 Å². The molecule has 1 aromatic rings. The van der Waals surface area contributed by atoms with Crippen LogP contribution in [0.1, 0.15) is 5.56 Å². The van der Waals surface area contributed by atoms with Crippen LogP contribution >= 0.6 is 0 Å². The van der Waals surface area contributed by atoms with E-state index in [4.69, 9.17) is 0 Å². The van der Waals surface area contributed by atoms with Gasteiger partial charge in [0.15, 0.2) is 5.83 Å². The third kappa shape index (κ3) is 3.12. The fraction of sp³-hybridized carbons (Fsp3) is 0.0909. The van der Waals surface area contributed by atoms with E-state index in [0.29, 0.717) is 0 Å². The average Bonchev–Trinajstić information content (AvgIpc) is 2.29. The van der Waals surface area contributed by atoms with Crippen LogP contribution in [0, 0.1) is 0 Å². The van der Waals surface area contributed by atoms with Gasteiger partial charge in [-0.2, -0.15) is 22.0 Å². The molecule has 0 atom stereocenters. The smallest absolute Gasteiger partial charge is 0.201 e. The number of benzene rings is 1. The number of allylic oxidation sites excluding steroid dienone is 3. The summed E-state index contributed by atoms with van der Waals surface area (Å²) in [5.41, 5.74) is -2.43. The molecule has 0 N–H and O–H groups in total. The van der Waals surface area contributed by atoms with Crippen molar-refractivity contribution in [2.24, 2.45) is 0 Å². The number of alkyl halides is 3. The standard InChI is InChI=1S/C11H5F7/c12-8(10(14)15)7(9(13)11(16,17)18)6-4-2-1-3-5-6/h1-5H. The van der Waals surface area contributed by atoms with E-state index in [1.807, 2.05) is 0 Å². The minimum absolute atomic E-state index is 0.627. The Labute approximate surface area is 97.0 Å². The van der Waals surface area contributed by atoms with Crippen LogP contribution in [0.25, 0.3) is 5.57 Å². The molecule has 0 aliphatic heterocycles. The van der Waals surface area contributed by atoms with Crippen molar-refractivity contribution in [3.8, 4) is 0 Å². The van der Waals surface area contributed by atoms with Gasteiger partial charge < -0.3 is 0 Å². The van der Waals surface area contributed by atoms with E-state index in [-0.39, 0.29) is 0 Å². The molecule has 1 rings (SSSR count). The van der Waals surface area contributed by atoms with Crippen molar-refractivity contribution in [2.75, 3.05) is 0 Å². The molecule has 0 aliphatic carbocycles. The summed E-state index contributed by atoms with van der Waals surface area (Å²) in [4.78, 5) is 0. The molecular formula is C11H5F7. The molecule has 0 aromatic heterocycles. The first-order valence-electron chi connectivity index (χ1n) is 4.48. The number of rotatable bonds is 2. The van der Waals surface area contributed by atoms with Crippen LogP contribution in [0.15, 0.2) is 48.1 Å². The van der Waals surface area contributed by atoms with E-state index in [1.54, 1.807) is 0 Å².